The van der Waals surface area contributed by atoms with E-state index in [-0.39, 0.29) is 12.1 Å². The lowest BCUT2D eigenvalue weighted by Gasteiger charge is -2.11. The summed E-state index contributed by atoms with van der Waals surface area (Å²) in [6, 6.07) is 7.33. The number of nitro benzene ring substituents is 2. The van der Waals surface area contributed by atoms with Gasteiger partial charge in [0.05, 0.1) is 21.6 Å². The molecule has 0 amide bonds. The molecule has 0 saturated heterocycles. The number of hydrogen-bond donors (Lipinski definition) is 1. The molecule has 0 heterocycles. The predicted molar refractivity (Wildman–Crippen MR) is 96.7 cm³/mol. The molecule has 2 aromatic rings. The van der Waals surface area contributed by atoms with Crippen molar-refractivity contribution in [3.05, 3.63) is 67.8 Å². The molecule has 2 aromatic carbocycles. The summed E-state index contributed by atoms with van der Waals surface area (Å²) in [5.74, 6) is 0. The zero-order valence-corrected chi connectivity index (χ0v) is 14.6. The van der Waals surface area contributed by atoms with E-state index in [4.69, 9.17) is 0 Å². The van der Waals surface area contributed by atoms with Crippen LogP contribution in [0.3, 0.4) is 0 Å². The molecule has 0 aromatic heterocycles. The zero-order valence-electron chi connectivity index (χ0n) is 14.6. The maximum Gasteiger partial charge on any atom is 0.416 e. The minimum Gasteiger partial charge on any atom is -0.378 e. The molecular weight excluding hydrogens is 383 g/mol. The molecule has 0 spiro atoms. The van der Waals surface area contributed by atoms with Gasteiger partial charge in [0.1, 0.15) is 0 Å². The lowest BCUT2D eigenvalue weighted by molar-refractivity contribution is -0.392. The van der Waals surface area contributed by atoms with Crippen molar-refractivity contribution < 1.29 is 23.0 Å². The Balaban J connectivity index is 2.40. The van der Waals surface area contributed by atoms with E-state index >= 15 is 0 Å². The first kappa shape index (κ1) is 20.6. The third kappa shape index (κ3) is 4.72. The second-order valence-electron chi connectivity index (χ2n) is 5.76. The fraction of sp³-hybridized carbons (Fsp3) is 0.188. The summed E-state index contributed by atoms with van der Waals surface area (Å²) in [6.07, 6.45) is -3.75. The van der Waals surface area contributed by atoms with E-state index in [0.29, 0.717) is 5.56 Å². The van der Waals surface area contributed by atoms with Crippen LogP contribution >= 0.6 is 0 Å². The van der Waals surface area contributed by atoms with Crippen molar-refractivity contribution in [3.63, 3.8) is 0 Å². The summed E-state index contributed by atoms with van der Waals surface area (Å²) in [7, 11) is 3.68. The van der Waals surface area contributed by atoms with Crippen molar-refractivity contribution in [1.82, 2.24) is 0 Å². The number of nitrogens with one attached hydrogen (secondary N) is 1. The average Bonchev–Trinajstić information content (AvgIpc) is 2.60. The molecule has 0 fully saturated rings. The van der Waals surface area contributed by atoms with Gasteiger partial charge in [0.15, 0.2) is 0 Å². The molecule has 0 aliphatic rings. The summed E-state index contributed by atoms with van der Waals surface area (Å²) < 4.78 is 38.6. The van der Waals surface area contributed by atoms with E-state index in [1.54, 1.807) is 24.3 Å². The topological polar surface area (TPSA) is 114 Å². The van der Waals surface area contributed by atoms with Crippen LogP contribution in [0.25, 0.3) is 0 Å². The highest BCUT2D eigenvalue weighted by Gasteiger charge is 2.37. The van der Waals surface area contributed by atoms with E-state index < -0.39 is 38.6 Å². The second kappa shape index (κ2) is 7.90. The summed E-state index contributed by atoms with van der Waals surface area (Å²) in [6.45, 7) is 0. The highest BCUT2D eigenvalue weighted by molar-refractivity contribution is 5.82. The lowest BCUT2D eigenvalue weighted by atomic mass is 10.1. The van der Waals surface area contributed by atoms with Crippen molar-refractivity contribution in [2.24, 2.45) is 5.10 Å². The molecule has 1 N–H and O–H groups in total. The Kier molecular flexibility index (Phi) is 5.81. The molecule has 0 aliphatic carbocycles. The van der Waals surface area contributed by atoms with E-state index in [9.17, 15) is 33.4 Å². The minimum atomic E-state index is -4.98. The number of halogens is 3. The quantitative estimate of drug-likeness (QED) is 0.447. The molecule has 0 radical (unpaired) electrons. The Morgan fingerprint density at radius 3 is 1.93 bits per heavy atom. The van der Waals surface area contributed by atoms with Gasteiger partial charge in [-0.2, -0.15) is 18.3 Å². The van der Waals surface area contributed by atoms with Crippen LogP contribution in [0.15, 0.2) is 41.5 Å². The van der Waals surface area contributed by atoms with Crippen LogP contribution in [0.2, 0.25) is 0 Å². The van der Waals surface area contributed by atoms with Gasteiger partial charge in [-0.3, -0.25) is 25.7 Å². The third-order valence-electron chi connectivity index (χ3n) is 3.62. The van der Waals surface area contributed by atoms with Gasteiger partial charge >= 0.3 is 17.6 Å². The normalized spacial score (nSPS) is 11.5. The van der Waals surface area contributed by atoms with Crippen molar-refractivity contribution in [3.8, 4) is 0 Å². The highest BCUT2D eigenvalue weighted by atomic mass is 19.4. The molecule has 0 atom stereocenters. The lowest BCUT2D eigenvalue weighted by Crippen LogP contribution is -2.09. The maximum absolute atomic E-state index is 12.9. The SMILES string of the molecule is CN(C)c1ccc(/C=N/Nc2c([N+](=O)[O-])cc(C(F)(F)F)cc2[N+](=O)[O-])cc1. The van der Waals surface area contributed by atoms with Crippen molar-refractivity contribution >= 4 is 29.0 Å². The standard InChI is InChI=1S/C16H14F3N5O4/c1-22(2)12-5-3-10(4-6-12)9-20-21-15-13(23(25)26)7-11(16(17,18)19)8-14(15)24(27)28/h3-9,21H,1-2H3/b20-9+. The molecule has 148 valence electrons. The van der Waals surface area contributed by atoms with E-state index in [2.05, 4.69) is 10.5 Å². The Bertz CT molecular complexity index is 892. The van der Waals surface area contributed by atoms with Crippen molar-refractivity contribution in [1.29, 1.82) is 0 Å². The van der Waals surface area contributed by atoms with Crippen LogP contribution in [-0.2, 0) is 6.18 Å². The highest BCUT2D eigenvalue weighted by Crippen LogP contribution is 2.41. The van der Waals surface area contributed by atoms with E-state index in [1.165, 1.54) is 6.21 Å². The van der Waals surface area contributed by atoms with Gasteiger partial charge in [-0.25, -0.2) is 0 Å². The molecule has 28 heavy (non-hydrogen) atoms. The summed E-state index contributed by atoms with van der Waals surface area (Å²) in [5.41, 5.74) is -0.881. The molecule has 0 unspecified atom stereocenters. The first-order chi connectivity index (χ1) is 13.0. The monoisotopic (exact) mass is 397 g/mol. The third-order valence-corrected chi connectivity index (χ3v) is 3.62. The first-order valence-corrected chi connectivity index (χ1v) is 7.61. The number of hydrogen-bond acceptors (Lipinski definition) is 7. The molecule has 2 rings (SSSR count). The Hall–Kier alpha value is -3.70. The van der Waals surface area contributed by atoms with Gasteiger partial charge in [-0.05, 0) is 17.7 Å². The van der Waals surface area contributed by atoms with Gasteiger partial charge in [0, 0.05) is 31.9 Å². The molecule has 12 heteroatoms. The van der Waals surface area contributed by atoms with Crippen LogP contribution in [0, 0.1) is 20.2 Å². The Morgan fingerprint density at radius 2 is 1.54 bits per heavy atom. The second-order valence-corrected chi connectivity index (χ2v) is 5.76. The summed E-state index contributed by atoms with van der Waals surface area (Å²) >= 11 is 0. The Labute approximate surface area is 156 Å². The van der Waals surface area contributed by atoms with E-state index in [0.717, 1.165) is 5.69 Å². The first-order valence-electron chi connectivity index (χ1n) is 7.61. The number of alkyl halides is 3. The van der Waals surface area contributed by atoms with Gasteiger partial charge in [-0.1, -0.05) is 12.1 Å². The summed E-state index contributed by atoms with van der Waals surface area (Å²) in [5, 5.41) is 25.9. The van der Waals surface area contributed by atoms with Gasteiger partial charge in [0.25, 0.3) is 0 Å². The molecule has 0 aliphatic heterocycles. The smallest absolute Gasteiger partial charge is 0.378 e. The van der Waals surface area contributed by atoms with Crippen LogP contribution < -0.4 is 10.3 Å². The maximum atomic E-state index is 12.9. The van der Waals surface area contributed by atoms with Crippen molar-refractivity contribution in [2.45, 2.75) is 6.18 Å². The molecule has 0 bridgehead atoms. The molecule has 9 nitrogen and oxygen atoms in total. The number of nitro groups is 2. The van der Waals surface area contributed by atoms with Crippen LogP contribution in [0.4, 0.5) is 35.9 Å². The summed E-state index contributed by atoms with van der Waals surface area (Å²) in [4.78, 5) is 21.8. The fourth-order valence-corrected chi connectivity index (χ4v) is 2.21. The Morgan fingerprint density at radius 1 is 1.04 bits per heavy atom. The number of anilines is 2. The van der Waals surface area contributed by atoms with Gasteiger partial charge < -0.3 is 4.90 Å². The van der Waals surface area contributed by atoms with Crippen LogP contribution in [-0.4, -0.2) is 30.2 Å². The van der Waals surface area contributed by atoms with Crippen LogP contribution in [0.5, 0.6) is 0 Å². The van der Waals surface area contributed by atoms with Gasteiger partial charge in [-0.15, -0.1) is 0 Å². The number of hydrazone groups is 1. The largest absolute Gasteiger partial charge is 0.416 e. The molecule has 0 saturated carbocycles. The number of rotatable bonds is 6. The number of nitrogens with zero attached hydrogens (tertiary/aromatic N) is 4. The van der Waals surface area contributed by atoms with Crippen LogP contribution in [0.1, 0.15) is 11.1 Å². The van der Waals surface area contributed by atoms with Crippen molar-refractivity contribution in [2.75, 3.05) is 24.4 Å². The number of benzene rings is 2. The zero-order chi connectivity index (χ0) is 21.1. The molecular formula is C16H14F3N5O4. The predicted octanol–water partition coefficient (Wildman–Crippen LogP) is 4.03. The van der Waals surface area contributed by atoms with E-state index in [1.807, 2.05) is 19.0 Å². The average molecular weight is 397 g/mol. The fourth-order valence-electron chi connectivity index (χ4n) is 2.21. The van der Waals surface area contributed by atoms with Gasteiger partial charge in [0.2, 0.25) is 5.69 Å². The minimum absolute atomic E-state index is 0.219.